The van der Waals surface area contributed by atoms with Crippen LogP contribution < -0.4 is 5.32 Å². The number of aryl methyl sites for hydroxylation is 1. The number of sulfonamides is 1. The van der Waals surface area contributed by atoms with Crippen LogP contribution in [0.15, 0.2) is 46.7 Å². The van der Waals surface area contributed by atoms with Gasteiger partial charge in [-0.05, 0) is 31.2 Å². The lowest BCUT2D eigenvalue weighted by atomic mass is 10.2. The Morgan fingerprint density at radius 2 is 1.77 bits per heavy atom. The summed E-state index contributed by atoms with van der Waals surface area (Å²) in [5.74, 6) is -0.319. The first-order valence-corrected chi connectivity index (χ1v) is 12.2. The lowest BCUT2D eigenvalue weighted by Crippen LogP contribution is -2.22. The highest BCUT2D eigenvalue weighted by molar-refractivity contribution is 7.89. The van der Waals surface area contributed by atoms with Crippen molar-refractivity contribution in [1.29, 1.82) is 0 Å². The second-order valence-electron chi connectivity index (χ2n) is 6.73. The van der Waals surface area contributed by atoms with Gasteiger partial charge in [-0.25, -0.2) is 17.7 Å². The van der Waals surface area contributed by atoms with Gasteiger partial charge < -0.3 is 5.32 Å². The molecule has 10 heteroatoms. The SMILES string of the molecule is Cc1ccc(C(=O)CCC(=O)Nc2nc(-c3ccc(S(=O)(=O)N(C)C)cc3)cs2)s1. The first kappa shape index (κ1) is 22.3. The van der Waals surface area contributed by atoms with Crippen LogP contribution >= 0.6 is 22.7 Å². The Morgan fingerprint density at radius 1 is 1.07 bits per heavy atom. The van der Waals surface area contributed by atoms with E-state index in [1.165, 1.54) is 48.9 Å². The summed E-state index contributed by atoms with van der Waals surface area (Å²) in [7, 11) is -0.527. The molecule has 0 bridgehead atoms. The highest BCUT2D eigenvalue weighted by atomic mass is 32.2. The number of benzene rings is 1. The Morgan fingerprint density at radius 3 is 2.37 bits per heavy atom. The van der Waals surface area contributed by atoms with E-state index in [1.54, 1.807) is 23.6 Å². The molecule has 0 fully saturated rings. The number of hydrogen-bond acceptors (Lipinski definition) is 7. The smallest absolute Gasteiger partial charge is 0.242 e. The highest BCUT2D eigenvalue weighted by Crippen LogP contribution is 2.26. The van der Waals surface area contributed by atoms with Gasteiger partial charge in [-0.1, -0.05) is 12.1 Å². The van der Waals surface area contributed by atoms with Crippen molar-refractivity contribution in [3.8, 4) is 11.3 Å². The van der Waals surface area contributed by atoms with Gasteiger partial charge in [-0.15, -0.1) is 22.7 Å². The van der Waals surface area contributed by atoms with Crippen LogP contribution in [0.3, 0.4) is 0 Å². The number of anilines is 1. The highest BCUT2D eigenvalue weighted by Gasteiger charge is 2.17. The number of nitrogens with zero attached hydrogens (tertiary/aromatic N) is 2. The molecular weight excluding hydrogens is 442 g/mol. The summed E-state index contributed by atoms with van der Waals surface area (Å²) in [4.78, 5) is 30.6. The molecule has 158 valence electrons. The van der Waals surface area contributed by atoms with Gasteiger partial charge in [0, 0.05) is 42.8 Å². The van der Waals surface area contributed by atoms with E-state index in [1.807, 2.05) is 13.0 Å². The first-order chi connectivity index (χ1) is 14.2. The lowest BCUT2D eigenvalue weighted by molar-refractivity contribution is -0.116. The predicted octanol–water partition coefficient (Wildman–Crippen LogP) is 4.03. The lowest BCUT2D eigenvalue weighted by Gasteiger charge is -2.11. The van der Waals surface area contributed by atoms with Gasteiger partial charge in [0.05, 0.1) is 15.5 Å². The van der Waals surface area contributed by atoms with Crippen molar-refractivity contribution in [2.75, 3.05) is 19.4 Å². The molecule has 0 aliphatic carbocycles. The number of aromatic nitrogens is 1. The Bertz CT molecular complexity index is 1160. The van der Waals surface area contributed by atoms with Crippen molar-refractivity contribution in [3.63, 3.8) is 0 Å². The molecule has 0 unspecified atom stereocenters. The molecule has 0 aliphatic heterocycles. The van der Waals surface area contributed by atoms with E-state index in [2.05, 4.69) is 10.3 Å². The summed E-state index contributed by atoms with van der Waals surface area (Å²) in [6.07, 6.45) is 0.230. The number of thiazole rings is 1. The van der Waals surface area contributed by atoms with Crippen molar-refractivity contribution < 1.29 is 18.0 Å². The third kappa shape index (κ3) is 5.20. The fourth-order valence-corrected chi connectivity index (χ4v) is 5.06. The monoisotopic (exact) mass is 463 g/mol. The minimum Gasteiger partial charge on any atom is -0.302 e. The molecule has 0 atom stereocenters. The Kier molecular flexibility index (Phi) is 6.81. The number of ketones is 1. The molecule has 0 aliphatic rings. The molecular formula is C20H21N3O4S3. The van der Waals surface area contributed by atoms with E-state index in [9.17, 15) is 18.0 Å². The van der Waals surface area contributed by atoms with E-state index in [0.29, 0.717) is 15.7 Å². The molecule has 2 aromatic heterocycles. The number of amides is 1. The van der Waals surface area contributed by atoms with Crippen LogP contribution in [0.1, 0.15) is 27.4 Å². The fourth-order valence-electron chi connectivity index (χ4n) is 2.59. The molecule has 0 radical (unpaired) electrons. The second kappa shape index (κ2) is 9.17. The first-order valence-electron chi connectivity index (χ1n) is 9.05. The van der Waals surface area contributed by atoms with Gasteiger partial charge >= 0.3 is 0 Å². The molecule has 3 aromatic rings. The zero-order valence-electron chi connectivity index (χ0n) is 16.7. The summed E-state index contributed by atoms with van der Waals surface area (Å²) in [6.45, 7) is 1.93. The summed E-state index contributed by atoms with van der Waals surface area (Å²) in [5.41, 5.74) is 1.38. The third-order valence-electron chi connectivity index (χ3n) is 4.27. The van der Waals surface area contributed by atoms with Gasteiger partial charge in [-0.2, -0.15) is 0 Å². The average molecular weight is 464 g/mol. The van der Waals surface area contributed by atoms with Crippen LogP contribution in [-0.2, 0) is 14.8 Å². The molecule has 0 saturated carbocycles. The van der Waals surface area contributed by atoms with E-state index >= 15 is 0 Å². The normalized spacial score (nSPS) is 11.6. The van der Waals surface area contributed by atoms with Crippen LogP contribution in [0.2, 0.25) is 0 Å². The maximum atomic E-state index is 12.2. The van der Waals surface area contributed by atoms with Gasteiger partial charge in [0.1, 0.15) is 0 Å². The fraction of sp³-hybridized carbons (Fsp3) is 0.250. The molecule has 30 heavy (non-hydrogen) atoms. The molecule has 0 saturated heterocycles. The summed E-state index contributed by atoms with van der Waals surface area (Å²) in [5, 5.41) is 4.92. The summed E-state index contributed by atoms with van der Waals surface area (Å²) < 4.78 is 25.5. The number of Topliss-reactive ketones (excluding diaryl/α,β-unsaturated/α-hetero) is 1. The number of thiophene rings is 1. The zero-order chi connectivity index (χ0) is 21.9. The quantitative estimate of drug-likeness (QED) is 0.509. The van der Waals surface area contributed by atoms with E-state index in [0.717, 1.165) is 14.7 Å². The zero-order valence-corrected chi connectivity index (χ0v) is 19.2. The largest absolute Gasteiger partial charge is 0.302 e. The Labute approximate surface area is 183 Å². The topological polar surface area (TPSA) is 96.4 Å². The average Bonchev–Trinajstić information content (AvgIpc) is 3.35. The van der Waals surface area contributed by atoms with Crippen LogP contribution in [-0.4, -0.2) is 43.5 Å². The van der Waals surface area contributed by atoms with Crippen molar-refractivity contribution in [2.45, 2.75) is 24.7 Å². The number of hydrogen-bond donors (Lipinski definition) is 1. The van der Waals surface area contributed by atoms with Crippen LogP contribution in [0.5, 0.6) is 0 Å². The van der Waals surface area contributed by atoms with Gasteiger partial charge in [0.15, 0.2) is 10.9 Å². The number of nitrogens with one attached hydrogen (secondary N) is 1. The number of carbonyl (C=O) groups is 2. The third-order valence-corrected chi connectivity index (χ3v) is 7.90. The Balaban J connectivity index is 1.59. The van der Waals surface area contributed by atoms with Crippen molar-refractivity contribution in [1.82, 2.24) is 9.29 Å². The maximum Gasteiger partial charge on any atom is 0.242 e. The van der Waals surface area contributed by atoms with E-state index < -0.39 is 10.0 Å². The van der Waals surface area contributed by atoms with Crippen molar-refractivity contribution in [3.05, 3.63) is 51.5 Å². The molecule has 3 rings (SSSR count). The van der Waals surface area contributed by atoms with E-state index in [-0.39, 0.29) is 29.4 Å². The molecule has 2 heterocycles. The molecule has 7 nitrogen and oxygen atoms in total. The molecule has 1 aromatic carbocycles. The van der Waals surface area contributed by atoms with Gasteiger partial charge in [0.25, 0.3) is 0 Å². The number of rotatable bonds is 8. The number of carbonyl (C=O) groups excluding carboxylic acids is 2. The summed E-state index contributed by atoms with van der Waals surface area (Å²) >= 11 is 2.69. The van der Waals surface area contributed by atoms with Crippen LogP contribution in [0, 0.1) is 6.92 Å². The van der Waals surface area contributed by atoms with Crippen molar-refractivity contribution >= 4 is 49.5 Å². The predicted molar refractivity (Wildman–Crippen MR) is 120 cm³/mol. The standard InChI is InChI=1S/C20H21N3O4S3/c1-13-4-10-18(29-13)17(24)9-11-19(25)22-20-21-16(12-28-20)14-5-7-15(8-6-14)30(26,27)23(2)3/h4-8,10,12H,9,11H2,1-3H3,(H,21,22,25). The minimum absolute atomic E-state index is 0.0455. The molecule has 0 spiro atoms. The molecule has 1 amide bonds. The molecule has 1 N–H and O–H groups in total. The Hall–Kier alpha value is -2.40. The second-order valence-corrected chi connectivity index (χ2v) is 11.0. The van der Waals surface area contributed by atoms with Gasteiger partial charge in [-0.3, -0.25) is 9.59 Å². The van der Waals surface area contributed by atoms with Crippen LogP contribution in [0.4, 0.5) is 5.13 Å². The van der Waals surface area contributed by atoms with Gasteiger partial charge in [0.2, 0.25) is 15.9 Å². The summed E-state index contributed by atoms with van der Waals surface area (Å²) in [6, 6.07) is 10.1. The van der Waals surface area contributed by atoms with Crippen molar-refractivity contribution in [2.24, 2.45) is 0 Å². The van der Waals surface area contributed by atoms with E-state index in [4.69, 9.17) is 0 Å². The maximum absolute atomic E-state index is 12.2. The van der Waals surface area contributed by atoms with Crippen LogP contribution in [0.25, 0.3) is 11.3 Å². The minimum atomic E-state index is -3.49.